The Morgan fingerprint density at radius 2 is 1.68 bits per heavy atom. The van der Waals surface area contributed by atoms with Crippen LogP contribution in [0.25, 0.3) is 0 Å². The summed E-state index contributed by atoms with van der Waals surface area (Å²) < 4.78 is 18.0. The first-order valence-corrected chi connectivity index (χ1v) is 11.0. The summed E-state index contributed by atoms with van der Waals surface area (Å²) in [6.07, 6.45) is 0.953. The molecule has 0 heterocycles. The number of rotatable bonds is 10. The smallest absolute Gasteiger partial charge is 0.319 e. The molecule has 0 saturated carbocycles. The number of carbonyl (C=O) groups is 3. The number of hydrogen-bond donors (Lipinski definition) is 1. The van der Waals surface area contributed by atoms with Crippen molar-refractivity contribution >= 4 is 35.2 Å². The number of nitrogens with zero attached hydrogens (tertiary/aromatic N) is 1. The summed E-state index contributed by atoms with van der Waals surface area (Å²) in [5, 5.41) is 2.01. The zero-order chi connectivity index (χ0) is 22.8. The SMILES string of the molecule is CCc1ccc(CN(C)C(=O)COC(=O)C(C)SCC(=O)Nc2ccc(F)cc2)cc1. The van der Waals surface area contributed by atoms with Gasteiger partial charge in [-0.05, 0) is 48.7 Å². The minimum atomic E-state index is -0.612. The lowest BCUT2D eigenvalue weighted by molar-refractivity contribution is -0.151. The van der Waals surface area contributed by atoms with E-state index in [1.807, 2.05) is 24.3 Å². The van der Waals surface area contributed by atoms with Crippen molar-refractivity contribution in [1.82, 2.24) is 4.90 Å². The van der Waals surface area contributed by atoms with E-state index in [9.17, 15) is 18.8 Å². The molecule has 8 heteroatoms. The highest BCUT2D eigenvalue weighted by molar-refractivity contribution is 8.01. The molecule has 1 atom stereocenters. The van der Waals surface area contributed by atoms with E-state index in [0.717, 1.165) is 23.7 Å². The fourth-order valence-electron chi connectivity index (χ4n) is 2.60. The summed E-state index contributed by atoms with van der Waals surface area (Å²) in [6.45, 7) is 3.77. The maximum atomic E-state index is 12.9. The van der Waals surface area contributed by atoms with Gasteiger partial charge in [-0.3, -0.25) is 14.4 Å². The molecule has 2 rings (SSSR count). The molecule has 0 fully saturated rings. The number of aryl methyl sites for hydroxylation is 1. The van der Waals surface area contributed by atoms with Crippen molar-refractivity contribution in [3.63, 3.8) is 0 Å². The first-order valence-electron chi connectivity index (χ1n) is 9.94. The minimum Gasteiger partial charge on any atom is -0.455 e. The zero-order valence-corrected chi connectivity index (χ0v) is 18.7. The van der Waals surface area contributed by atoms with Crippen LogP contribution in [-0.4, -0.2) is 47.3 Å². The molecule has 0 saturated heterocycles. The van der Waals surface area contributed by atoms with Gasteiger partial charge < -0.3 is 15.0 Å². The summed E-state index contributed by atoms with van der Waals surface area (Å²) in [4.78, 5) is 37.8. The van der Waals surface area contributed by atoms with Gasteiger partial charge >= 0.3 is 5.97 Å². The van der Waals surface area contributed by atoms with Crippen molar-refractivity contribution in [2.75, 3.05) is 24.7 Å². The lowest BCUT2D eigenvalue weighted by Gasteiger charge is -2.18. The van der Waals surface area contributed by atoms with Crippen LogP contribution < -0.4 is 5.32 Å². The molecular formula is C23H27FN2O4S. The second kappa shape index (κ2) is 12.1. The van der Waals surface area contributed by atoms with Crippen LogP contribution in [0.2, 0.25) is 0 Å². The number of halogens is 1. The number of likely N-dealkylation sites (N-methyl/N-ethyl adjacent to an activating group) is 1. The summed E-state index contributed by atoms with van der Waals surface area (Å²) in [7, 11) is 1.65. The Hall–Kier alpha value is -2.87. The van der Waals surface area contributed by atoms with E-state index in [1.165, 1.54) is 34.7 Å². The van der Waals surface area contributed by atoms with E-state index in [-0.39, 0.29) is 24.2 Å². The lowest BCUT2D eigenvalue weighted by Crippen LogP contribution is -2.32. The highest BCUT2D eigenvalue weighted by atomic mass is 32.2. The van der Waals surface area contributed by atoms with Gasteiger partial charge in [0.1, 0.15) is 11.1 Å². The molecule has 2 aromatic rings. The maximum absolute atomic E-state index is 12.9. The molecule has 0 aliphatic rings. The largest absolute Gasteiger partial charge is 0.455 e. The molecule has 1 N–H and O–H groups in total. The van der Waals surface area contributed by atoms with Gasteiger partial charge in [0.15, 0.2) is 6.61 Å². The summed E-state index contributed by atoms with van der Waals surface area (Å²) >= 11 is 1.10. The first-order chi connectivity index (χ1) is 14.8. The number of thioether (sulfide) groups is 1. The van der Waals surface area contributed by atoms with Gasteiger partial charge in [0.25, 0.3) is 5.91 Å². The third-order valence-electron chi connectivity index (χ3n) is 4.54. The summed E-state index contributed by atoms with van der Waals surface area (Å²) in [6, 6.07) is 13.4. The molecule has 2 aromatic carbocycles. The van der Waals surface area contributed by atoms with Gasteiger partial charge in [0.05, 0.1) is 5.75 Å². The van der Waals surface area contributed by atoms with Crippen molar-refractivity contribution in [2.45, 2.75) is 32.1 Å². The second-order valence-electron chi connectivity index (χ2n) is 7.04. The molecule has 0 radical (unpaired) electrons. The number of carbonyl (C=O) groups excluding carboxylic acids is 3. The number of benzene rings is 2. The normalized spacial score (nSPS) is 11.5. The fraction of sp³-hybridized carbons (Fsp3) is 0.348. The van der Waals surface area contributed by atoms with Gasteiger partial charge in [-0.2, -0.15) is 0 Å². The predicted octanol–water partition coefficient (Wildman–Crippen LogP) is 3.65. The lowest BCUT2D eigenvalue weighted by atomic mass is 10.1. The molecule has 1 unspecified atom stereocenters. The van der Waals surface area contributed by atoms with E-state index in [4.69, 9.17) is 4.74 Å². The number of ether oxygens (including phenoxy) is 1. The average Bonchev–Trinajstić information content (AvgIpc) is 2.77. The Morgan fingerprint density at radius 1 is 1.06 bits per heavy atom. The standard InChI is InChI=1S/C23H27FN2O4S/c1-4-17-5-7-18(8-6-17)13-26(3)22(28)14-30-23(29)16(2)31-15-21(27)25-20-11-9-19(24)10-12-20/h5-12,16H,4,13-15H2,1-3H3,(H,25,27). The minimum absolute atomic E-state index is 0.0231. The average molecular weight is 447 g/mol. The Morgan fingerprint density at radius 3 is 2.29 bits per heavy atom. The van der Waals surface area contributed by atoms with E-state index in [2.05, 4.69) is 12.2 Å². The topological polar surface area (TPSA) is 75.7 Å². The Balaban J connectivity index is 1.70. The molecule has 0 aromatic heterocycles. The van der Waals surface area contributed by atoms with Crippen LogP contribution in [0.1, 0.15) is 25.0 Å². The van der Waals surface area contributed by atoms with Crippen LogP contribution in [0.3, 0.4) is 0 Å². The van der Waals surface area contributed by atoms with E-state index < -0.39 is 17.0 Å². The first kappa shape index (κ1) is 24.4. The molecule has 0 aliphatic heterocycles. The second-order valence-corrected chi connectivity index (χ2v) is 8.36. The van der Waals surface area contributed by atoms with Crippen molar-refractivity contribution in [3.05, 3.63) is 65.5 Å². The van der Waals surface area contributed by atoms with Crippen molar-refractivity contribution in [1.29, 1.82) is 0 Å². The molecule has 0 aliphatic carbocycles. The van der Waals surface area contributed by atoms with Crippen molar-refractivity contribution in [3.8, 4) is 0 Å². The molecule has 0 bridgehead atoms. The highest BCUT2D eigenvalue weighted by Gasteiger charge is 2.19. The van der Waals surface area contributed by atoms with E-state index in [0.29, 0.717) is 12.2 Å². The highest BCUT2D eigenvalue weighted by Crippen LogP contribution is 2.14. The third-order valence-corrected chi connectivity index (χ3v) is 5.66. The molecule has 6 nitrogen and oxygen atoms in total. The monoisotopic (exact) mass is 446 g/mol. The number of anilines is 1. The number of esters is 1. The van der Waals surface area contributed by atoms with Crippen LogP contribution in [0.15, 0.2) is 48.5 Å². The van der Waals surface area contributed by atoms with Gasteiger partial charge in [0, 0.05) is 19.3 Å². The van der Waals surface area contributed by atoms with E-state index in [1.54, 1.807) is 14.0 Å². The Kier molecular flexibility index (Phi) is 9.52. The molecule has 166 valence electrons. The van der Waals surface area contributed by atoms with Gasteiger partial charge in [-0.25, -0.2) is 4.39 Å². The van der Waals surface area contributed by atoms with Crippen LogP contribution in [0.5, 0.6) is 0 Å². The quantitative estimate of drug-likeness (QED) is 0.564. The van der Waals surface area contributed by atoms with E-state index >= 15 is 0 Å². The summed E-state index contributed by atoms with van der Waals surface area (Å²) in [5.74, 6) is -1.55. The predicted molar refractivity (Wildman–Crippen MR) is 120 cm³/mol. The van der Waals surface area contributed by atoms with Crippen LogP contribution in [0.4, 0.5) is 10.1 Å². The van der Waals surface area contributed by atoms with Crippen molar-refractivity contribution in [2.24, 2.45) is 0 Å². The zero-order valence-electron chi connectivity index (χ0n) is 17.9. The number of nitrogens with one attached hydrogen (secondary N) is 1. The maximum Gasteiger partial charge on any atom is 0.319 e. The van der Waals surface area contributed by atoms with Crippen LogP contribution >= 0.6 is 11.8 Å². The van der Waals surface area contributed by atoms with Crippen molar-refractivity contribution < 1.29 is 23.5 Å². The van der Waals surface area contributed by atoms with Gasteiger partial charge in [-0.15, -0.1) is 11.8 Å². The third kappa shape index (κ3) is 8.41. The molecular weight excluding hydrogens is 419 g/mol. The van der Waals surface area contributed by atoms with Gasteiger partial charge in [-0.1, -0.05) is 31.2 Å². The fourth-order valence-corrected chi connectivity index (χ4v) is 3.28. The summed E-state index contributed by atoms with van der Waals surface area (Å²) in [5.41, 5.74) is 2.69. The van der Waals surface area contributed by atoms with Crippen LogP contribution in [0, 0.1) is 5.82 Å². The molecule has 2 amide bonds. The Bertz CT molecular complexity index is 887. The number of hydrogen-bond acceptors (Lipinski definition) is 5. The van der Waals surface area contributed by atoms with Gasteiger partial charge in [0.2, 0.25) is 5.91 Å². The molecule has 31 heavy (non-hydrogen) atoms. The van der Waals surface area contributed by atoms with Crippen LogP contribution in [-0.2, 0) is 32.1 Å². The molecule has 0 spiro atoms. The Labute approximate surface area is 186 Å². The number of amides is 2.